The number of hydrogen-bond acceptors (Lipinski definition) is 2. The Bertz CT molecular complexity index is 320. The lowest BCUT2D eigenvalue weighted by molar-refractivity contribution is 0.0512. The van der Waals surface area contributed by atoms with E-state index in [9.17, 15) is 9.18 Å². The molecule has 0 aliphatic heterocycles. The summed E-state index contributed by atoms with van der Waals surface area (Å²) in [5, 5.41) is 0. The van der Waals surface area contributed by atoms with Gasteiger partial charge in [-0.1, -0.05) is 0 Å². The van der Waals surface area contributed by atoms with Crippen LogP contribution >= 0.6 is 0 Å². The minimum atomic E-state index is -0.486. The molecular weight excluding hydrogens is 185 g/mol. The van der Waals surface area contributed by atoms with Gasteiger partial charge in [0.15, 0.2) is 0 Å². The van der Waals surface area contributed by atoms with Crippen LogP contribution in [-0.2, 0) is 11.3 Å². The van der Waals surface area contributed by atoms with E-state index in [2.05, 4.69) is 0 Å². The maximum atomic E-state index is 12.1. The third kappa shape index (κ3) is 2.13. The number of carbonyl (C=O) groups is 1. The van der Waals surface area contributed by atoms with Crippen molar-refractivity contribution in [2.24, 2.45) is 0 Å². The summed E-state index contributed by atoms with van der Waals surface area (Å²) >= 11 is 0. The Kier molecular flexibility index (Phi) is 3.68. The van der Waals surface area contributed by atoms with E-state index in [1.54, 1.807) is 30.7 Å². The molecule has 14 heavy (non-hydrogen) atoms. The SMILES string of the molecule is CCOC(=O)c1c(C)ccn1CCF. The van der Waals surface area contributed by atoms with Crippen LogP contribution in [-0.4, -0.2) is 23.8 Å². The van der Waals surface area contributed by atoms with Gasteiger partial charge >= 0.3 is 5.97 Å². The van der Waals surface area contributed by atoms with Crippen molar-refractivity contribution in [3.8, 4) is 0 Å². The third-order valence-corrected chi connectivity index (χ3v) is 1.96. The number of hydrogen-bond donors (Lipinski definition) is 0. The Morgan fingerprint density at radius 2 is 2.36 bits per heavy atom. The van der Waals surface area contributed by atoms with Gasteiger partial charge in [-0.3, -0.25) is 0 Å². The van der Waals surface area contributed by atoms with Crippen molar-refractivity contribution in [1.29, 1.82) is 0 Å². The van der Waals surface area contributed by atoms with Crippen molar-refractivity contribution in [2.75, 3.05) is 13.3 Å². The Balaban J connectivity index is 2.92. The fraction of sp³-hybridized carbons (Fsp3) is 0.500. The summed E-state index contributed by atoms with van der Waals surface area (Å²) in [6.07, 6.45) is 1.70. The molecule has 0 atom stereocenters. The molecule has 1 heterocycles. The van der Waals surface area contributed by atoms with Crippen LogP contribution in [0.2, 0.25) is 0 Å². The number of alkyl halides is 1. The molecule has 1 aromatic heterocycles. The molecule has 3 nitrogen and oxygen atoms in total. The summed E-state index contributed by atoms with van der Waals surface area (Å²) in [5.74, 6) is -0.386. The van der Waals surface area contributed by atoms with Crippen LogP contribution in [0, 0.1) is 6.92 Å². The highest BCUT2D eigenvalue weighted by atomic mass is 19.1. The number of aryl methyl sites for hydroxylation is 2. The number of aromatic nitrogens is 1. The molecule has 0 bridgehead atoms. The molecule has 1 rings (SSSR count). The van der Waals surface area contributed by atoms with E-state index in [-0.39, 0.29) is 12.5 Å². The van der Waals surface area contributed by atoms with E-state index < -0.39 is 6.67 Å². The van der Waals surface area contributed by atoms with Crippen LogP contribution in [0.25, 0.3) is 0 Å². The summed E-state index contributed by atoms with van der Waals surface area (Å²) in [6.45, 7) is 3.60. The second-order valence-electron chi connectivity index (χ2n) is 2.95. The first kappa shape index (κ1) is 10.8. The Morgan fingerprint density at radius 1 is 1.64 bits per heavy atom. The van der Waals surface area contributed by atoms with Crippen LogP contribution in [0.3, 0.4) is 0 Å². The number of carbonyl (C=O) groups excluding carboxylic acids is 1. The molecule has 0 spiro atoms. The lowest BCUT2D eigenvalue weighted by Gasteiger charge is -2.07. The van der Waals surface area contributed by atoms with Crippen LogP contribution in [0.15, 0.2) is 12.3 Å². The molecule has 0 N–H and O–H groups in total. The van der Waals surface area contributed by atoms with Gasteiger partial charge in [-0.05, 0) is 25.5 Å². The van der Waals surface area contributed by atoms with Crippen molar-refractivity contribution in [3.05, 3.63) is 23.5 Å². The number of rotatable bonds is 4. The Labute approximate surface area is 82.5 Å². The maximum Gasteiger partial charge on any atom is 0.355 e. The zero-order valence-electron chi connectivity index (χ0n) is 8.42. The number of nitrogens with zero attached hydrogens (tertiary/aromatic N) is 1. The molecule has 0 saturated heterocycles. The van der Waals surface area contributed by atoms with Gasteiger partial charge in [0.1, 0.15) is 12.4 Å². The normalized spacial score (nSPS) is 10.2. The van der Waals surface area contributed by atoms with E-state index in [1.807, 2.05) is 0 Å². The first-order chi connectivity index (χ1) is 6.70. The Hall–Kier alpha value is -1.32. The lowest BCUT2D eigenvalue weighted by Crippen LogP contribution is -2.13. The van der Waals surface area contributed by atoms with Gasteiger partial charge in [-0.15, -0.1) is 0 Å². The molecule has 0 aromatic carbocycles. The van der Waals surface area contributed by atoms with Gasteiger partial charge in [0.05, 0.1) is 13.2 Å². The number of ether oxygens (including phenoxy) is 1. The first-order valence-corrected chi connectivity index (χ1v) is 4.59. The smallest absolute Gasteiger partial charge is 0.355 e. The molecule has 0 fully saturated rings. The minimum absolute atomic E-state index is 0.196. The highest BCUT2D eigenvalue weighted by molar-refractivity contribution is 5.89. The highest BCUT2D eigenvalue weighted by Crippen LogP contribution is 2.11. The maximum absolute atomic E-state index is 12.1. The fourth-order valence-corrected chi connectivity index (χ4v) is 1.34. The monoisotopic (exact) mass is 199 g/mol. The second-order valence-corrected chi connectivity index (χ2v) is 2.95. The average Bonchev–Trinajstić information content (AvgIpc) is 2.48. The molecule has 0 unspecified atom stereocenters. The summed E-state index contributed by atoms with van der Waals surface area (Å²) in [5.41, 5.74) is 1.27. The lowest BCUT2D eigenvalue weighted by atomic mass is 10.3. The fourth-order valence-electron chi connectivity index (χ4n) is 1.34. The van der Waals surface area contributed by atoms with Crippen molar-refractivity contribution >= 4 is 5.97 Å². The standard InChI is InChI=1S/C10H14FNO2/c1-3-14-10(13)9-8(2)4-6-12(9)7-5-11/h4,6H,3,5,7H2,1-2H3. The molecule has 0 amide bonds. The topological polar surface area (TPSA) is 31.2 Å². The van der Waals surface area contributed by atoms with E-state index in [0.29, 0.717) is 12.3 Å². The summed E-state index contributed by atoms with van der Waals surface area (Å²) in [4.78, 5) is 11.5. The molecule has 0 aliphatic rings. The molecule has 4 heteroatoms. The van der Waals surface area contributed by atoms with Crippen LogP contribution in [0.5, 0.6) is 0 Å². The molecule has 1 aromatic rings. The van der Waals surface area contributed by atoms with E-state index in [4.69, 9.17) is 4.74 Å². The van der Waals surface area contributed by atoms with E-state index in [1.165, 1.54) is 0 Å². The zero-order chi connectivity index (χ0) is 10.6. The van der Waals surface area contributed by atoms with E-state index in [0.717, 1.165) is 5.56 Å². The zero-order valence-corrected chi connectivity index (χ0v) is 8.42. The molecule has 0 aliphatic carbocycles. The number of halogens is 1. The highest BCUT2D eigenvalue weighted by Gasteiger charge is 2.15. The van der Waals surface area contributed by atoms with Crippen LogP contribution < -0.4 is 0 Å². The van der Waals surface area contributed by atoms with Crippen molar-refractivity contribution < 1.29 is 13.9 Å². The predicted octanol–water partition coefficient (Wildman–Crippen LogP) is 1.94. The van der Waals surface area contributed by atoms with Gasteiger partial charge < -0.3 is 9.30 Å². The molecular formula is C10H14FNO2. The summed E-state index contributed by atoms with van der Waals surface area (Å²) in [7, 11) is 0. The van der Waals surface area contributed by atoms with Crippen LogP contribution in [0.4, 0.5) is 4.39 Å². The van der Waals surface area contributed by atoms with E-state index >= 15 is 0 Å². The minimum Gasteiger partial charge on any atom is -0.461 e. The Morgan fingerprint density at radius 3 is 2.93 bits per heavy atom. The quantitative estimate of drug-likeness (QED) is 0.694. The number of esters is 1. The molecule has 0 radical (unpaired) electrons. The second kappa shape index (κ2) is 4.79. The van der Waals surface area contributed by atoms with Gasteiger partial charge in [-0.25, -0.2) is 9.18 Å². The van der Waals surface area contributed by atoms with Crippen molar-refractivity contribution in [1.82, 2.24) is 4.57 Å². The summed E-state index contributed by atoms with van der Waals surface area (Å²) in [6, 6.07) is 1.78. The third-order valence-electron chi connectivity index (χ3n) is 1.96. The predicted molar refractivity (Wildman–Crippen MR) is 51.1 cm³/mol. The van der Waals surface area contributed by atoms with Crippen molar-refractivity contribution in [2.45, 2.75) is 20.4 Å². The van der Waals surface area contributed by atoms with Crippen molar-refractivity contribution in [3.63, 3.8) is 0 Å². The van der Waals surface area contributed by atoms with Gasteiger partial charge in [0, 0.05) is 6.20 Å². The molecule has 78 valence electrons. The largest absolute Gasteiger partial charge is 0.461 e. The average molecular weight is 199 g/mol. The van der Waals surface area contributed by atoms with Crippen LogP contribution in [0.1, 0.15) is 23.0 Å². The summed E-state index contributed by atoms with van der Waals surface area (Å²) < 4.78 is 18.6. The molecule has 0 saturated carbocycles. The van der Waals surface area contributed by atoms with Gasteiger partial charge in [0.2, 0.25) is 0 Å². The van der Waals surface area contributed by atoms with Gasteiger partial charge in [0.25, 0.3) is 0 Å². The van der Waals surface area contributed by atoms with Gasteiger partial charge in [-0.2, -0.15) is 0 Å². The first-order valence-electron chi connectivity index (χ1n) is 4.59.